The minimum absolute atomic E-state index is 0.0623. The summed E-state index contributed by atoms with van der Waals surface area (Å²) in [6, 6.07) is 55.1. The normalized spacial score (nSPS) is 15.9. The molecule has 1 unspecified atom stereocenters. The number of benzene rings is 6. The second-order valence-corrected chi connectivity index (χ2v) is 12.9. The van der Waals surface area contributed by atoms with Crippen molar-refractivity contribution in [2.24, 2.45) is 0 Å². The van der Waals surface area contributed by atoms with Gasteiger partial charge in [-0.3, -0.25) is 0 Å². The molecule has 6 aromatic carbocycles. The van der Waals surface area contributed by atoms with Crippen molar-refractivity contribution in [3.8, 4) is 22.4 Å². The van der Waals surface area contributed by atoms with Gasteiger partial charge >= 0.3 is 0 Å². The Morgan fingerprint density at radius 2 is 1.27 bits per heavy atom. The second-order valence-electron chi connectivity index (χ2n) is 12.9. The van der Waals surface area contributed by atoms with E-state index in [4.69, 9.17) is 0 Å². The third-order valence-corrected chi connectivity index (χ3v) is 10.1. The van der Waals surface area contributed by atoms with Crippen molar-refractivity contribution in [3.05, 3.63) is 175 Å². The topological polar surface area (TPSA) is 23.4 Å². The van der Waals surface area contributed by atoms with E-state index in [1.807, 2.05) is 0 Å². The Bertz CT molecular complexity index is 2450. The lowest BCUT2D eigenvalue weighted by molar-refractivity contribution is 0.828. The van der Waals surface area contributed by atoms with E-state index in [1.165, 1.54) is 55.9 Å². The molecule has 0 fully saturated rings. The molecule has 3 aliphatic rings. The highest BCUT2D eigenvalue weighted by molar-refractivity contribution is 6.13. The molecule has 2 aliphatic heterocycles. The fraction of sp³-hybridized carbons (Fsp3) is 0.0667. The van der Waals surface area contributed by atoms with Crippen LogP contribution in [0.4, 0.5) is 34.1 Å². The first-order valence-electron chi connectivity index (χ1n) is 17.1. The number of nitrogens with one attached hydrogen (secondary N) is 1. The van der Waals surface area contributed by atoms with Crippen molar-refractivity contribution in [3.63, 3.8) is 0 Å². The number of nitrogens with zero attached hydrogens (tertiary/aromatic N) is 3. The van der Waals surface area contributed by atoms with Crippen LogP contribution in [0.25, 0.3) is 39.0 Å². The highest BCUT2D eigenvalue weighted by Gasteiger charge is 2.34. The Morgan fingerprint density at radius 3 is 2.10 bits per heavy atom. The molecular formula is C45H34N4. The second kappa shape index (κ2) is 11.2. The van der Waals surface area contributed by atoms with Gasteiger partial charge in [-0.2, -0.15) is 0 Å². The predicted octanol–water partition coefficient (Wildman–Crippen LogP) is 12.2. The fourth-order valence-corrected chi connectivity index (χ4v) is 8.06. The molecule has 3 heterocycles. The van der Waals surface area contributed by atoms with Gasteiger partial charge in [-0.1, -0.05) is 109 Å². The largest absolute Gasteiger partial charge is 0.359 e. The summed E-state index contributed by atoms with van der Waals surface area (Å²) >= 11 is 0. The van der Waals surface area contributed by atoms with Crippen LogP contribution in [0.3, 0.4) is 0 Å². The molecule has 1 N–H and O–H groups in total. The molecule has 0 saturated carbocycles. The van der Waals surface area contributed by atoms with E-state index in [-0.39, 0.29) is 6.17 Å². The van der Waals surface area contributed by atoms with Crippen LogP contribution in [0.15, 0.2) is 170 Å². The van der Waals surface area contributed by atoms with Crippen molar-refractivity contribution < 1.29 is 0 Å². The average Bonchev–Trinajstić information content (AvgIpc) is 3.69. The minimum atomic E-state index is -0.0623. The molecule has 234 valence electrons. The van der Waals surface area contributed by atoms with E-state index in [9.17, 15) is 0 Å². The van der Waals surface area contributed by atoms with E-state index in [2.05, 4.69) is 190 Å². The molecule has 49 heavy (non-hydrogen) atoms. The Kier molecular flexibility index (Phi) is 6.34. The maximum atomic E-state index is 3.85. The van der Waals surface area contributed by atoms with Gasteiger partial charge in [-0.25, -0.2) is 0 Å². The summed E-state index contributed by atoms with van der Waals surface area (Å²) in [6.45, 7) is 0. The van der Waals surface area contributed by atoms with E-state index < -0.39 is 0 Å². The number of rotatable bonds is 4. The Balaban J connectivity index is 1.20. The highest BCUT2D eigenvalue weighted by Crippen LogP contribution is 2.55. The summed E-state index contributed by atoms with van der Waals surface area (Å²) in [4.78, 5) is 4.88. The van der Waals surface area contributed by atoms with Gasteiger partial charge in [0.05, 0.1) is 34.0 Å². The van der Waals surface area contributed by atoms with Gasteiger partial charge in [0.2, 0.25) is 0 Å². The molecule has 4 heteroatoms. The quantitative estimate of drug-likeness (QED) is 0.209. The van der Waals surface area contributed by atoms with Crippen LogP contribution in [-0.2, 0) is 0 Å². The SMILES string of the molecule is C1=CC(n2c3c(c4ccccc42)-c2ccccc2N(c2cccc(C4Nc5ccccc5N4c4ccccc4)c2)c2ccccc2-3)=CCC1. The summed E-state index contributed by atoms with van der Waals surface area (Å²) in [6.07, 6.45) is 9.05. The van der Waals surface area contributed by atoms with Crippen LogP contribution in [-0.4, -0.2) is 4.57 Å². The predicted molar refractivity (Wildman–Crippen MR) is 205 cm³/mol. The molecule has 7 aromatic rings. The highest BCUT2D eigenvalue weighted by atomic mass is 15.3. The summed E-state index contributed by atoms with van der Waals surface area (Å²) in [5.74, 6) is 0. The number of aromatic nitrogens is 1. The molecule has 1 aromatic heterocycles. The first-order chi connectivity index (χ1) is 24.3. The molecule has 1 atom stereocenters. The van der Waals surface area contributed by atoms with Gasteiger partial charge in [0.25, 0.3) is 0 Å². The van der Waals surface area contributed by atoms with E-state index >= 15 is 0 Å². The third kappa shape index (κ3) is 4.31. The molecule has 1 aliphatic carbocycles. The Labute approximate surface area is 286 Å². The van der Waals surface area contributed by atoms with E-state index in [0.29, 0.717) is 0 Å². The molecule has 4 nitrogen and oxygen atoms in total. The standard InChI is InChI=1S/C45H34N4/c1-3-17-32(18-4-1)48-40-27-12-8-23-36(40)43-35-22-7-11-26-39(35)47(41-28-13-9-24-37(41)44(43)48)34-21-15-16-31(30-34)45-46-38-25-10-14-29-42(38)49(45)33-19-5-2-6-20-33/h2-3,5-30,45-46H,1,4H2. The van der Waals surface area contributed by atoms with E-state index in [0.717, 1.165) is 35.6 Å². The van der Waals surface area contributed by atoms with Crippen LogP contribution in [0.5, 0.6) is 0 Å². The monoisotopic (exact) mass is 630 g/mol. The van der Waals surface area contributed by atoms with E-state index in [1.54, 1.807) is 0 Å². The van der Waals surface area contributed by atoms with Crippen molar-refractivity contribution in [2.75, 3.05) is 15.1 Å². The van der Waals surface area contributed by atoms with Crippen molar-refractivity contribution in [1.82, 2.24) is 4.57 Å². The number of anilines is 6. The number of para-hydroxylation sites is 6. The number of hydrogen-bond donors (Lipinski definition) is 1. The van der Waals surface area contributed by atoms with Gasteiger partial charge in [-0.05, 0) is 79.1 Å². The average molecular weight is 631 g/mol. The third-order valence-electron chi connectivity index (χ3n) is 10.1. The van der Waals surface area contributed by atoms with Crippen LogP contribution in [0.1, 0.15) is 24.6 Å². The molecule has 0 spiro atoms. The molecule has 0 saturated heterocycles. The fourth-order valence-electron chi connectivity index (χ4n) is 8.06. The van der Waals surface area contributed by atoms with Crippen molar-refractivity contribution >= 4 is 50.7 Å². The first kappa shape index (κ1) is 27.8. The molecule has 0 bridgehead atoms. The maximum Gasteiger partial charge on any atom is 0.130 e. The van der Waals surface area contributed by atoms with Gasteiger partial charge in [0.15, 0.2) is 0 Å². The van der Waals surface area contributed by atoms with Gasteiger partial charge < -0.3 is 19.7 Å². The maximum absolute atomic E-state index is 3.85. The summed E-state index contributed by atoms with van der Waals surface area (Å²) < 4.78 is 2.49. The summed E-state index contributed by atoms with van der Waals surface area (Å²) in [7, 11) is 0. The first-order valence-corrected chi connectivity index (χ1v) is 17.1. The van der Waals surface area contributed by atoms with Crippen molar-refractivity contribution in [2.45, 2.75) is 19.0 Å². The lowest BCUT2D eigenvalue weighted by atomic mass is 9.98. The van der Waals surface area contributed by atoms with Gasteiger partial charge in [0, 0.05) is 39.1 Å². The zero-order valence-electron chi connectivity index (χ0n) is 27.0. The van der Waals surface area contributed by atoms with Crippen LogP contribution < -0.4 is 15.1 Å². The number of fused-ring (bicyclic) bond motifs is 8. The van der Waals surface area contributed by atoms with Crippen molar-refractivity contribution in [1.29, 1.82) is 0 Å². The zero-order valence-corrected chi connectivity index (χ0v) is 27.0. The lowest BCUT2D eigenvalue weighted by Gasteiger charge is -2.30. The van der Waals surface area contributed by atoms with Crippen LogP contribution in [0, 0.1) is 0 Å². The Morgan fingerprint density at radius 1 is 0.571 bits per heavy atom. The zero-order chi connectivity index (χ0) is 32.3. The summed E-state index contributed by atoms with van der Waals surface area (Å²) in [5.41, 5.74) is 15.6. The van der Waals surface area contributed by atoms with Gasteiger partial charge in [0.1, 0.15) is 6.17 Å². The van der Waals surface area contributed by atoms with Crippen LogP contribution >= 0.6 is 0 Å². The number of allylic oxidation sites excluding steroid dienone is 4. The van der Waals surface area contributed by atoms with Gasteiger partial charge in [-0.15, -0.1) is 0 Å². The number of hydrogen-bond acceptors (Lipinski definition) is 3. The molecular weight excluding hydrogens is 597 g/mol. The molecule has 0 radical (unpaired) electrons. The van der Waals surface area contributed by atoms with Crippen LogP contribution in [0.2, 0.25) is 0 Å². The molecule has 10 rings (SSSR count). The smallest absolute Gasteiger partial charge is 0.130 e. The molecule has 0 amide bonds. The lowest BCUT2D eigenvalue weighted by Crippen LogP contribution is -2.23. The Hall–Kier alpha value is -6.26. The minimum Gasteiger partial charge on any atom is -0.359 e. The summed E-state index contributed by atoms with van der Waals surface area (Å²) in [5, 5.41) is 5.11.